The van der Waals surface area contributed by atoms with E-state index in [0.717, 1.165) is 46.4 Å². The lowest BCUT2D eigenvalue weighted by atomic mass is 10.2. The highest BCUT2D eigenvalue weighted by Crippen LogP contribution is 2.30. The fourth-order valence-corrected chi connectivity index (χ4v) is 4.94. The summed E-state index contributed by atoms with van der Waals surface area (Å²) in [4.78, 5) is 14.7. The summed E-state index contributed by atoms with van der Waals surface area (Å²) in [6.45, 7) is 5.20. The zero-order valence-corrected chi connectivity index (χ0v) is 16.5. The molecule has 1 atom stereocenters. The fraction of sp³-hybridized carbons (Fsp3) is 0.438. The summed E-state index contributed by atoms with van der Waals surface area (Å²) >= 11 is 4.50. The van der Waals surface area contributed by atoms with Crippen LogP contribution in [0, 0.1) is 0 Å². The number of ether oxygens (including phenoxy) is 1. The van der Waals surface area contributed by atoms with E-state index in [9.17, 15) is 4.79 Å². The number of hydrogen-bond donors (Lipinski definition) is 1. The van der Waals surface area contributed by atoms with Gasteiger partial charge in [-0.2, -0.15) is 0 Å². The Hall–Kier alpha value is -1.29. The van der Waals surface area contributed by atoms with Crippen molar-refractivity contribution >= 4 is 52.1 Å². The van der Waals surface area contributed by atoms with E-state index in [1.807, 2.05) is 37.4 Å². The number of carbonyl (C=O) groups is 1. The SMILES string of the molecule is CSc1nnc(S[C@@H](C)C(=O)Nc2ccc(N3CCOCC3)cc2)s1. The predicted octanol–water partition coefficient (Wildman–Crippen LogP) is 3.22. The molecule has 1 amide bonds. The minimum absolute atomic E-state index is 0.0370. The Balaban J connectivity index is 1.54. The summed E-state index contributed by atoms with van der Waals surface area (Å²) < 4.78 is 7.10. The van der Waals surface area contributed by atoms with Crippen LogP contribution in [0.25, 0.3) is 0 Å². The quantitative estimate of drug-likeness (QED) is 0.752. The van der Waals surface area contributed by atoms with Crippen molar-refractivity contribution in [2.75, 3.05) is 42.8 Å². The van der Waals surface area contributed by atoms with Crippen LogP contribution in [0.15, 0.2) is 32.9 Å². The number of nitrogens with one attached hydrogen (secondary N) is 1. The molecule has 1 aliphatic rings. The first-order valence-electron chi connectivity index (χ1n) is 7.93. The van der Waals surface area contributed by atoms with Crippen molar-refractivity contribution in [2.45, 2.75) is 20.9 Å². The number of amides is 1. The monoisotopic (exact) mass is 396 g/mol. The zero-order chi connectivity index (χ0) is 17.6. The molecule has 2 aromatic rings. The van der Waals surface area contributed by atoms with E-state index in [1.54, 1.807) is 11.8 Å². The topological polar surface area (TPSA) is 67.4 Å². The maximum Gasteiger partial charge on any atom is 0.237 e. The van der Waals surface area contributed by atoms with E-state index >= 15 is 0 Å². The zero-order valence-electron chi connectivity index (χ0n) is 14.1. The van der Waals surface area contributed by atoms with Gasteiger partial charge < -0.3 is 15.0 Å². The van der Waals surface area contributed by atoms with Gasteiger partial charge in [-0.3, -0.25) is 4.79 Å². The van der Waals surface area contributed by atoms with Crippen LogP contribution in [0.1, 0.15) is 6.92 Å². The first-order valence-corrected chi connectivity index (χ1v) is 10.9. The first kappa shape index (κ1) is 18.5. The fourth-order valence-electron chi connectivity index (χ4n) is 2.35. The van der Waals surface area contributed by atoms with E-state index in [0.29, 0.717) is 0 Å². The molecule has 1 saturated heterocycles. The summed E-state index contributed by atoms with van der Waals surface area (Å²) in [5.41, 5.74) is 1.96. The minimum Gasteiger partial charge on any atom is -0.378 e. The lowest BCUT2D eigenvalue weighted by Crippen LogP contribution is -2.36. The molecule has 0 spiro atoms. The van der Waals surface area contributed by atoms with Gasteiger partial charge in [0.2, 0.25) is 5.91 Å². The Morgan fingerprint density at radius 3 is 2.56 bits per heavy atom. The molecule has 2 heterocycles. The largest absolute Gasteiger partial charge is 0.378 e. The summed E-state index contributed by atoms with van der Waals surface area (Å²) in [6, 6.07) is 7.95. The lowest BCUT2D eigenvalue weighted by Gasteiger charge is -2.28. The predicted molar refractivity (Wildman–Crippen MR) is 105 cm³/mol. The summed E-state index contributed by atoms with van der Waals surface area (Å²) in [5, 5.41) is 10.9. The van der Waals surface area contributed by atoms with Crippen LogP contribution in [0.4, 0.5) is 11.4 Å². The van der Waals surface area contributed by atoms with Gasteiger partial charge in [0.25, 0.3) is 0 Å². The number of aromatic nitrogens is 2. The maximum atomic E-state index is 12.4. The van der Waals surface area contributed by atoms with E-state index in [1.165, 1.54) is 23.1 Å². The molecule has 9 heteroatoms. The molecule has 25 heavy (non-hydrogen) atoms. The number of anilines is 2. The maximum absolute atomic E-state index is 12.4. The second-order valence-corrected chi connectivity index (χ2v) is 9.05. The molecule has 3 rings (SSSR count). The molecule has 1 aromatic heterocycles. The van der Waals surface area contributed by atoms with Crippen LogP contribution in [0.2, 0.25) is 0 Å². The molecule has 1 fully saturated rings. The van der Waals surface area contributed by atoms with Crippen LogP contribution in [0.3, 0.4) is 0 Å². The van der Waals surface area contributed by atoms with Gasteiger partial charge in [0.05, 0.1) is 18.5 Å². The smallest absolute Gasteiger partial charge is 0.237 e. The van der Waals surface area contributed by atoms with Crippen molar-refractivity contribution in [3.63, 3.8) is 0 Å². The van der Waals surface area contributed by atoms with Gasteiger partial charge in [-0.25, -0.2) is 0 Å². The number of benzene rings is 1. The van der Waals surface area contributed by atoms with Gasteiger partial charge in [-0.05, 0) is 37.4 Å². The standard InChI is InChI=1S/C16H20N4O2S3/c1-11(24-16-19-18-15(23-2)25-16)14(21)17-12-3-5-13(6-4-12)20-7-9-22-10-8-20/h3-6,11H,7-10H2,1-2H3,(H,17,21)/t11-/m0/s1. The molecule has 1 aromatic carbocycles. The molecule has 0 aliphatic carbocycles. The third-order valence-electron chi connectivity index (χ3n) is 3.72. The van der Waals surface area contributed by atoms with E-state index in [-0.39, 0.29) is 11.2 Å². The van der Waals surface area contributed by atoms with E-state index < -0.39 is 0 Å². The first-order chi connectivity index (χ1) is 12.2. The number of morpholine rings is 1. The van der Waals surface area contributed by atoms with Crippen molar-refractivity contribution in [3.8, 4) is 0 Å². The Labute approximate surface area is 159 Å². The second kappa shape index (κ2) is 8.88. The minimum atomic E-state index is -0.235. The highest BCUT2D eigenvalue weighted by molar-refractivity contribution is 8.03. The van der Waals surface area contributed by atoms with E-state index in [2.05, 4.69) is 20.4 Å². The van der Waals surface area contributed by atoms with Crippen molar-refractivity contribution in [3.05, 3.63) is 24.3 Å². The van der Waals surface area contributed by atoms with Crippen LogP contribution < -0.4 is 10.2 Å². The summed E-state index contributed by atoms with van der Waals surface area (Å²) in [6.07, 6.45) is 1.96. The Bertz CT molecular complexity index is 702. The molecule has 1 N–H and O–H groups in total. The molecule has 0 bridgehead atoms. The van der Waals surface area contributed by atoms with Crippen LogP contribution >= 0.6 is 34.9 Å². The lowest BCUT2D eigenvalue weighted by molar-refractivity contribution is -0.115. The number of nitrogens with zero attached hydrogens (tertiary/aromatic N) is 3. The van der Waals surface area contributed by atoms with Crippen molar-refractivity contribution in [2.24, 2.45) is 0 Å². The molecule has 134 valence electrons. The van der Waals surface area contributed by atoms with Crippen LogP contribution in [-0.2, 0) is 9.53 Å². The Kier molecular flexibility index (Phi) is 6.57. The number of thioether (sulfide) groups is 2. The van der Waals surface area contributed by atoms with Gasteiger partial charge in [0.15, 0.2) is 8.68 Å². The van der Waals surface area contributed by atoms with Crippen molar-refractivity contribution < 1.29 is 9.53 Å². The third-order valence-corrected chi connectivity index (χ3v) is 6.80. The van der Waals surface area contributed by atoms with Gasteiger partial charge in [0, 0.05) is 24.5 Å². The van der Waals surface area contributed by atoms with Gasteiger partial charge in [-0.1, -0.05) is 34.9 Å². The average Bonchev–Trinajstić information content (AvgIpc) is 3.10. The number of carbonyl (C=O) groups excluding carboxylic acids is 1. The molecular weight excluding hydrogens is 376 g/mol. The van der Waals surface area contributed by atoms with Crippen LogP contribution in [-0.4, -0.2) is 53.9 Å². The normalized spacial score (nSPS) is 15.8. The average molecular weight is 397 g/mol. The van der Waals surface area contributed by atoms with Gasteiger partial charge >= 0.3 is 0 Å². The molecule has 0 unspecified atom stereocenters. The molecule has 0 saturated carbocycles. The number of hydrogen-bond acceptors (Lipinski definition) is 8. The second-order valence-electron chi connectivity index (χ2n) is 5.43. The summed E-state index contributed by atoms with van der Waals surface area (Å²) in [7, 11) is 0. The summed E-state index contributed by atoms with van der Waals surface area (Å²) in [5.74, 6) is -0.0370. The third kappa shape index (κ3) is 5.10. The van der Waals surface area contributed by atoms with Crippen molar-refractivity contribution in [1.82, 2.24) is 10.2 Å². The highest BCUT2D eigenvalue weighted by Gasteiger charge is 2.17. The van der Waals surface area contributed by atoms with Gasteiger partial charge in [0.1, 0.15) is 0 Å². The highest BCUT2D eigenvalue weighted by atomic mass is 32.2. The van der Waals surface area contributed by atoms with Gasteiger partial charge in [-0.15, -0.1) is 10.2 Å². The molecule has 0 radical (unpaired) electrons. The van der Waals surface area contributed by atoms with E-state index in [4.69, 9.17) is 4.74 Å². The number of rotatable bonds is 6. The molecule has 6 nitrogen and oxygen atoms in total. The Morgan fingerprint density at radius 1 is 1.24 bits per heavy atom. The molecular formula is C16H20N4O2S3. The van der Waals surface area contributed by atoms with Crippen molar-refractivity contribution in [1.29, 1.82) is 0 Å². The Morgan fingerprint density at radius 2 is 1.92 bits per heavy atom. The molecule has 1 aliphatic heterocycles. The van der Waals surface area contributed by atoms with Crippen LogP contribution in [0.5, 0.6) is 0 Å².